The van der Waals surface area contributed by atoms with Crippen LogP contribution in [-0.4, -0.2) is 25.0 Å². The van der Waals surface area contributed by atoms with Crippen molar-refractivity contribution in [2.75, 3.05) is 17.3 Å². The van der Waals surface area contributed by atoms with Crippen LogP contribution in [0.4, 0.5) is 11.4 Å². The molecule has 5 heteroatoms. The summed E-state index contributed by atoms with van der Waals surface area (Å²) >= 11 is 0. The van der Waals surface area contributed by atoms with Crippen molar-refractivity contribution in [3.8, 4) is 0 Å². The van der Waals surface area contributed by atoms with Crippen LogP contribution in [0.15, 0.2) is 42.5 Å². The zero-order chi connectivity index (χ0) is 18.0. The highest BCUT2D eigenvalue weighted by molar-refractivity contribution is 6.23. The van der Waals surface area contributed by atoms with Gasteiger partial charge in [0.2, 0.25) is 5.91 Å². The second kappa shape index (κ2) is 7.07. The van der Waals surface area contributed by atoms with Gasteiger partial charge in [0.15, 0.2) is 0 Å². The molecule has 5 nitrogen and oxygen atoms in total. The van der Waals surface area contributed by atoms with E-state index in [1.165, 1.54) is 4.90 Å². The second-order valence-electron chi connectivity index (χ2n) is 6.34. The third-order valence-corrected chi connectivity index (χ3v) is 4.39. The van der Waals surface area contributed by atoms with Crippen LogP contribution < -0.4 is 10.2 Å². The third-order valence-electron chi connectivity index (χ3n) is 4.39. The Morgan fingerprint density at radius 2 is 1.80 bits per heavy atom. The smallest absolute Gasteiger partial charge is 0.256 e. The number of carbonyl (C=O) groups is 2. The van der Waals surface area contributed by atoms with Crippen molar-refractivity contribution in [1.29, 1.82) is 0 Å². The average Bonchev–Trinajstić information content (AvgIpc) is 2.83. The molecular formula is C20H22N2O3. The Hall–Kier alpha value is -2.66. The Morgan fingerprint density at radius 3 is 2.48 bits per heavy atom. The highest BCUT2D eigenvalue weighted by Gasteiger charge is 2.40. The van der Waals surface area contributed by atoms with Crippen LogP contribution in [0.25, 0.3) is 0 Å². The number of imide groups is 1. The molecule has 1 aliphatic heterocycles. The number of amides is 2. The fourth-order valence-electron chi connectivity index (χ4n) is 3.26. The van der Waals surface area contributed by atoms with Crippen LogP contribution in [-0.2, 0) is 20.9 Å². The van der Waals surface area contributed by atoms with Gasteiger partial charge in [-0.1, -0.05) is 30.3 Å². The lowest BCUT2D eigenvalue weighted by Gasteiger charge is -2.20. The summed E-state index contributed by atoms with van der Waals surface area (Å²) in [5, 5.41) is 3.19. The van der Waals surface area contributed by atoms with Gasteiger partial charge < -0.3 is 10.1 Å². The molecule has 0 bridgehead atoms. The minimum absolute atomic E-state index is 0.154. The van der Waals surface area contributed by atoms with Gasteiger partial charge in [0, 0.05) is 12.8 Å². The van der Waals surface area contributed by atoms with Crippen molar-refractivity contribution in [2.24, 2.45) is 0 Å². The summed E-state index contributed by atoms with van der Waals surface area (Å²) < 4.78 is 5.14. The zero-order valence-corrected chi connectivity index (χ0v) is 14.7. The monoisotopic (exact) mass is 338 g/mol. The van der Waals surface area contributed by atoms with Gasteiger partial charge in [0.05, 0.1) is 18.7 Å². The summed E-state index contributed by atoms with van der Waals surface area (Å²) in [5.41, 5.74) is 4.36. The summed E-state index contributed by atoms with van der Waals surface area (Å²) in [4.78, 5) is 26.7. The first kappa shape index (κ1) is 17.2. The predicted octanol–water partition coefficient (Wildman–Crippen LogP) is 3.19. The predicted molar refractivity (Wildman–Crippen MR) is 97.6 cm³/mol. The quantitative estimate of drug-likeness (QED) is 0.851. The van der Waals surface area contributed by atoms with Gasteiger partial charge in [0.25, 0.3) is 5.91 Å². The summed E-state index contributed by atoms with van der Waals surface area (Å²) in [6.45, 7) is 4.33. The molecule has 1 fully saturated rings. The molecule has 25 heavy (non-hydrogen) atoms. The van der Waals surface area contributed by atoms with Crippen LogP contribution in [0.3, 0.4) is 0 Å². The fourth-order valence-corrected chi connectivity index (χ4v) is 3.26. The minimum atomic E-state index is -0.552. The molecule has 2 aromatic carbocycles. The largest absolute Gasteiger partial charge is 0.380 e. The summed E-state index contributed by atoms with van der Waals surface area (Å²) in [7, 11) is 1.64. The molecule has 0 spiro atoms. The Labute approximate surface area is 147 Å². The van der Waals surface area contributed by atoms with Crippen molar-refractivity contribution < 1.29 is 14.3 Å². The molecule has 0 unspecified atom stereocenters. The highest BCUT2D eigenvalue weighted by Crippen LogP contribution is 2.30. The first-order valence-electron chi connectivity index (χ1n) is 8.28. The van der Waals surface area contributed by atoms with E-state index in [1.54, 1.807) is 7.11 Å². The minimum Gasteiger partial charge on any atom is -0.380 e. The lowest BCUT2D eigenvalue weighted by atomic mass is 10.1. The molecule has 0 aromatic heterocycles. The van der Waals surface area contributed by atoms with Gasteiger partial charge in [-0.3, -0.25) is 9.59 Å². The van der Waals surface area contributed by atoms with Crippen molar-refractivity contribution in [1.82, 2.24) is 0 Å². The van der Waals surface area contributed by atoms with E-state index in [2.05, 4.69) is 5.32 Å². The standard InChI is InChI=1S/C20H22N2O3/c1-13-6-4-7-14(2)19(13)22-18(23)11-17(20(22)24)21-16-9-5-8-15(10-16)12-25-3/h4-10,17,21H,11-12H2,1-3H3/t17-/m0/s1. The fraction of sp³-hybridized carbons (Fsp3) is 0.300. The van der Waals surface area contributed by atoms with E-state index in [0.717, 1.165) is 22.4 Å². The first-order valence-corrected chi connectivity index (χ1v) is 8.28. The Bertz CT molecular complexity index is 796. The van der Waals surface area contributed by atoms with Gasteiger partial charge in [-0.15, -0.1) is 0 Å². The number of para-hydroxylation sites is 1. The van der Waals surface area contributed by atoms with E-state index in [9.17, 15) is 9.59 Å². The topological polar surface area (TPSA) is 58.6 Å². The number of hydrogen-bond acceptors (Lipinski definition) is 4. The van der Waals surface area contributed by atoms with E-state index in [1.807, 2.05) is 56.3 Å². The molecule has 1 atom stereocenters. The number of nitrogens with zero attached hydrogens (tertiary/aromatic N) is 1. The van der Waals surface area contributed by atoms with Gasteiger partial charge >= 0.3 is 0 Å². The Morgan fingerprint density at radius 1 is 1.12 bits per heavy atom. The summed E-state index contributed by atoms with van der Waals surface area (Å²) in [5.74, 6) is -0.382. The molecule has 1 heterocycles. The number of benzene rings is 2. The zero-order valence-electron chi connectivity index (χ0n) is 14.7. The molecule has 0 radical (unpaired) electrons. The lowest BCUT2D eigenvalue weighted by molar-refractivity contribution is -0.121. The maximum atomic E-state index is 12.9. The maximum Gasteiger partial charge on any atom is 0.256 e. The molecular weight excluding hydrogens is 316 g/mol. The van der Waals surface area contributed by atoms with Gasteiger partial charge in [0.1, 0.15) is 6.04 Å². The van der Waals surface area contributed by atoms with Crippen LogP contribution in [0.2, 0.25) is 0 Å². The van der Waals surface area contributed by atoms with E-state index in [-0.39, 0.29) is 18.2 Å². The number of nitrogens with one attached hydrogen (secondary N) is 1. The van der Waals surface area contributed by atoms with Crippen molar-refractivity contribution >= 4 is 23.2 Å². The SMILES string of the molecule is COCc1cccc(N[C@H]2CC(=O)N(c3c(C)cccc3C)C2=O)c1. The van der Waals surface area contributed by atoms with Crippen LogP contribution in [0.1, 0.15) is 23.1 Å². The molecule has 2 aromatic rings. The molecule has 0 aliphatic carbocycles. The average molecular weight is 338 g/mol. The first-order chi connectivity index (χ1) is 12.0. The Kier molecular flexibility index (Phi) is 4.86. The number of anilines is 2. The number of methoxy groups -OCH3 is 1. The van der Waals surface area contributed by atoms with Crippen LogP contribution >= 0.6 is 0 Å². The number of aryl methyl sites for hydroxylation is 2. The van der Waals surface area contributed by atoms with Crippen LogP contribution in [0.5, 0.6) is 0 Å². The number of ether oxygens (including phenoxy) is 1. The summed E-state index contributed by atoms with van der Waals surface area (Å²) in [6.07, 6.45) is 0.154. The molecule has 2 amide bonds. The molecule has 3 rings (SSSR count). The molecule has 1 aliphatic rings. The van der Waals surface area contributed by atoms with Crippen LogP contribution in [0, 0.1) is 13.8 Å². The maximum absolute atomic E-state index is 12.9. The van der Waals surface area contributed by atoms with Gasteiger partial charge in [-0.25, -0.2) is 4.90 Å². The van der Waals surface area contributed by atoms with Crippen molar-refractivity contribution in [3.05, 3.63) is 59.2 Å². The van der Waals surface area contributed by atoms with E-state index >= 15 is 0 Å². The normalized spacial score (nSPS) is 17.2. The number of rotatable bonds is 5. The molecule has 1 saturated heterocycles. The highest BCUT2D eigenvalue weighted by atomic mass is 16.5. The molecule has 0 saturated carbocycles. The van der Waals surface area contributed by atoms with Crippen molar-refractivity contribution in [2.45, 2.75) is 32.9 Å². The van der Waals surface area contributed by atoms with E-state index in [4.69, 9.17) is 4.74 Å². The van der Waals surface area contributed by atoms with Gasteiger partial charge in [-0.05, 0) is 42.7 Å². The van der Waals surface area contributed by atoms with Crippen molar-refractivity contribution in [3.63, 3.8) is 0 Å². The molecule has 130 valence electrons. The molecule has 1 N–H and O–H groups in total. The Balaban J connectivity index is 1.83. The third kappa shape index (κ3) is 3.42. The number of carbonyl (C=O) groups excluding carboxylic acids is 2. The van der Waals surface area contributed by atoms with E-state index < -0.39 is 6.04 Å². The summed E-state index contributed by atoms with van der Waals surface area (Å²) in [6, 6.07) is 12.9. The second-order valence-corrected chi connectivity index (χ2v) is 6.34. The van der Waals surface area contributed by atoms with E-state index in [0.29, 0.717) is 12.3 Å². The lowest BCUT2D eigenvalue weighted by Crippen LogP contribution is -2.35. The number of hydrogen-bond donors (Lipinski definition) is 1. The van der Waals surface area contributed by atoms with Gasteiger partial charge in [-0.2, -0.15) is 0 Å².